The molecule has 0 aliphatic carbocycles. The fourth-order valence-electron chi connectivity index (χ4n) is 2.09. The van der Waals surface area contributed by atoms with Crippen LogP contribution >= 0.6 is 0 Å². The van der Waals surface area contributed by atoms with Gasteiger partial charge in [0, 0.05) is 12.5 Å². The van der Waals surface area contributed by atoms with E-state index in [2.05, 4.69) is 41.2 Å². The van der Waals surface area contributed by atoms with Crippen LogP contribution in [-0.2, 0) is 9.53 Å². The van der Waals surface area contributed by atoms with Gasteiger partial charge in [-0.25, -0.2) is 0 Å². The Labute approximate surface area is 116 Å². The van der Waals surface area contributed by atoms with E-state index < -0.39 is 0 Å². The molecule has 0 radical (unpaired) electrons. The van der Waals surface area contributed by atoms with Crippen LogP contribution in [-0.4, -0.2) is 19.6 Å². The van der Waals surface area contributed by atoms with Gasteiger partial charge in [-0.3, -0.25) is 4.79 Å². The van der Waals surface area contributed by atoms with Gasteiger partial charge in [-0.2, -0.15) is 0 Å². The molecule has 0 saturated carbocycles. The molecule has 1 atom stereocenters. The number of carbonyl (C=O) groups is 1. The average molecular weight is 263 g/mol. The Balaban J connectivity index is 2.40. The standard InChI is InChI=1S/C16H25NO2/c1-3-4-11-15(14-9-6-5-7-10-14)17-13-8-12-16(18)19-2/h5-7,9-10,15,17H,3-4,8,11-13H2,1-2H3. The minimum Gasteiger partial charge on any atom is -0.469 e. The number of unbranched alkanes of at least 4 members (excludes halogenated alkanes) is 1. The van der Waals surface area contributed by atoms with Crippen molar-refractivity contribution >= 4 is 5.97 Å². The smallest absolute Gasteiger partial charge is 0.305 e. The number of ether oxygens (including phenoxy) is 1. The number of hydrogen-bond acceptors (Lipinski definition) is 3. The Bertz CT molecular complexity index is 351. The quantitative estimate of drug-likeness (QED) is 0.547. The van der Waals surface area contributed by atoms with Crippen molar-refractivity contribution < 1.29 is 9.53 Å². The Kier molecular flexibility index (Phi) is 7.91. The third-order valence-corrected chi connectivity index (χ3v) is 3.22. The molecule has 0 spiro atoms. The Morgan fingerprint density at radius 3 is 2.63 bits per heavy atom. The Hall–Kier alpha value is -1.35. The molecule has 0 aliphatic heterocycles. The van der Waals surface area contributed by atoms with Crippen LogP contribution in [0.15, 0.2) is 30.3 Å². The number of methoxy groups -OCH3 is 1. The summed E-state index contributed by atoms with van der Waals surface area (Å²) in [5.74, 6) is -0.133. The van der Waals surface area contributed by atoms with Crippen molar-refractivity contribution in [3.8, 4) is 0 Å². The highest BCUT2D eigenvalue weighted by Gasteiger charge is 2.10. The van der Waals surface area contributed by atoms with Crippen LogP contribution in [0.25, 0.3) is 0 Å². The maximum absolute atomic E-state index is 11.0. The molecule has 0 heterocycles. The molecule has 19 heavy (non-hydrogen) atoms. The van der Waals surface area contributed by atoms with Crippen LogP contribution in [0.4, 0.5) is 0 Å². The molecule has 0 bridgehead atoms. The summed E-state index contributed by atoms with van der Waals surface area (Å²) in [6.07, 6.45) is 4.86. The van der Waals surface area contributed by atoms with Crippen LogP contribution in [0, 0.1) is 0 Å². The van der Waals surface area contributed by atoms with Gasteiger partial charge >= 0.3 is 5.97 Å². The first kappa shape index (κ1) is 15.7. The zero-order valence-corrected chi connectivity index (χ0v) is 12.0. The van der Waals surface area contributed by atoms with E-state index >= 15 is 0 Å². The lowest BCUT2D eigenvalue weighted by Gasteiger charge is -2.19. The Morgan fingerprint density at radius 1 is 1.26 bits per heavy atom. The highest BCUT2D eigenvalue weighted by atomic mass is 16.5. The summed E-state index contributed by atoms with van der Waals surface area (Å²) < 4.78 is 4.64. The highest BCUT2D eigenvalue weighted by Crippen LogP contribution is 2.19. The van der Waals surface area contributed by atoms with E-state index in [4.69, 9.17) is 0 Å². The van der Waals surface area contributed by atoms with Crippen LogP contribution in [0.1, 0.15) is 50.6 Å². The highest BCUT2D eigenvalue weighted by molar-refractivity contribution is 5.69. The van der Waals surface area contributed by atoms with Crippen LogP contribution in [0.2, 0.25) is 0 Å². The molecule has 1 unspecified atom stereocenters. The third kappa shape index (κ3) is 6.39. The topological polar surface area (TPSA) is 38.3 Å². The van der Waals surface area contributed by atoms with Gasteiger partial charge in [0.15, 0.2) is 0 Å². The molecule has 0 saturated heterocycles. The second-order valence-corrected chi connectivity index (χ2v) is 4.74. The van der Waals surface area contributed by atoms with E-state index in [1.54, 1.807) is 0 Å². The molecule has 0 aliphatic rings. The maximum atomic E-state index is 11.0. The van der Waals surface area contributed by atoms with Gasteiger partial charge in [0.05, 0.1) is 7.11 Å². The second kappa shape index (κ2) is 9.56. The molecule has 1 N–H and O–H groups in total. The zero-order chi connectivity index (χ0) is 13.9. The minimum atomic E-state index is -0.133. The Morgan fingerprint density at radius 2 is 2.00 bits per heavy atom. The molecule has 0 fully saturated rings. The van der Waals surface area contributed by atoms with Crippen molar-refractivity contribution in [3.63, 3.8) is 0 Å². The summed E-state index contributed by atoms with van der Waals surface area (Å²) >= 11 is 0. The van der Waals surface area contributed by atoms with E-state index in [1.165, 1.54) is 25.5 Å². The van der Waals surface area contributed by atoms with Crippen molar-refractivity contribution in [2.24, 2.45) is 0 Å². The lowest BCUT2D eigenvalue weighted by atomic mass is 10.0. The first-order chi connectivity index (χ1) is 9.27. The number of benzene rings is 1. The number of nitrogens with one attached hydrogen (secondary N) is 1. The summed E-state index contributed by atoms with van der Waals surface area (Å²) in [4.78, 5) is 11.0. The summed E-state index contributed by atoms with van der Waals surface area (Å²) in [6, 6.07) is 10.9. The SMILES string of the molecule is CCCCC(NCCCC(=O)OC)c1ccccc1. The first-order valence-electron chi connectivity index (χ1n) is 7.13. The molecule has 106 valence electrons. The lowest BCUT2D eigenvalue weighted by molar-refractivity contribution is -0.140. The van der Waals surface area contributed by atoms with E-state index in [1.807, 2.05) is 6.07 Å². The summed E-state index contributed by atoms with van der Waals surface area (Å²) in [7, 11) is 1.43. The van der Waals surface area contributed by atoms with Crippen LogP contribution in [0.5, 0.6) is 0 Å². The molecular formula is C16H25NO2. The van der Waals surface area contributed by atoms with E-state index in [-0.39, 0.29) is 5.97 Å². The van der Waals surface area contributed by atoms with Gasteiger partial charge in [-0.15, -0.1) is 0 Å². The molecule has 0 amide bonds. The van der Waals surface area contributed by atoms with Crippen molar-refractivity contribution in [1.82, 2.24) is 5.32 Å². The van der Waals surface area contributed by atoms with Crippen molar-refractivity contribution in [2.45, 2.75) is 45.1 Å². The van der Waals surface area contributed by atoms with Crippen molar-refractivity contribution in [2.75, 3.05) is 13.7 Å². The van der Waals surface area contributed by atoms with Crippen LogP contribution < -0.4 is 5.32 Å². The molecular weight excluding hydrogens is 238 g/mol. The van der Waals surface area contributed by atoms with E-state index in [0.717, 1.165) is 19.4 Å². The average Bonchev–Trinajstić information content (AvgIpc) is 2.47. The van der Waals surface area contributed by atoms with Gasteiger partial charge in [0.25, 0.3) is 0 Å². The second-order valence-electron chi connectivity index (χ2n) is 4.74. The fourth-order valence-corrected chi connectivity index (χ4v) is 2.09. The summed E-state index contributed by atoms with van der Waals surface area (Å²) in [6.45, 7) is 3.05. The lowest BCUT2D eigenvalue weighted by Crippen LogP contribution is -2.23. The van der Waals surface area contributed by atoms with Crippen molar-refractivity contribution in [3.05, 3.63) is 35.9 Å². The van der Waals surface area contributed by atoms with Gasteiger partial charge in [-0.1, -0.05) is 50.1 Å². The zero-order valence-electron chi connectivity index (χ0n) is 12.0. The van der Waals surface area contributed by atoms with Crippen LogP contribution in [0.3, 0.4) is 0 Å². The summed E-state index contributed by atoms with van der Waals surface area (Å²) in [5, 5.41) is 3.54. The normalized spacial score (nSPS) is 12.1. The fraction of sp³-hybridized carbons (Fsp3) is 0.562. The number of rotatable bonds is 9. The molecule has 1 aromatic rings. The summed E-state index contributed by atoms with van der Waals surface area (Å²) in [5.41, 5.74) is 1.33. The monoisotopic (exact) mass is 263 g/mol. The van der Waals surface area contributed by atoms with E-state index in [0.29, 0.717) is 12.5 Å². The van der Waals surface area contributed by atoms with Gasteiger partial charge < -0.3 is 10.1 Å². The van der Waals surface area contributed by atoms with Gasteiger partial charge in [0.2, 0.25) is 0 Å². The molecule has 0 aromatic heterocycles. The largest absolute Gasteiger partial charge is 0.469 e. The van der Waals surface area contributed by atoms with Gasteiger partial charge in [-0.05, 0) is 24.9 Å². The van der Waals surface area contributed by atoms with Gasteiger partial charge in [0.1, 0.15) is 0 Å². The predicted octanol–water partition coefficient (Wildman–Crippen LogP) is 3.46. The third-order valence-electron chi connectivity index (χ3n) is 3.22. The predicted molar refractivity (Wildman–Crippen MR) is 78.0 cm³/mol. The first-order valence-corrected chi connectivity index (χ1v) is 7.13. The number of hydrogen-bond donors (Lipinski definition) is 1. The number of carbonyl (C=O) groups excluding carboxylic acids is 1. The number of esters is 1. The minimum absolute atomic E-state index is 0.133. The molecule has 3 heteroatoms. The van der Waals surface area contributed by atoms with Crippen molar-refractivity contribution in [1.29, 1.82) is 0 Å². The maximum Gasteiger partial charge on any atom is 0.305 e. The molecule has 1 rings (SSSR count). The molecule has 1 aromatic carbocycles. The molecule has 3 nitrogen and oxygen atoms in total. The van der Waals surface area contributed by atoms with E-state index in [9.17, 15) is 4.79 Å².